The zero-order valence-electron chi connectivity index (χ0n) is 10.1. The third-order valence-electron chi connectivity index (χ3n) is 2.50. The molecule has 1 N–H and O–H groups in total. The van der Waals surface area contributed by atoms with Crippen molar-refractivity contribution in [2.24, 2.45) is 5.92 Å². The lowest BCUT2D eigenvalue weighted by atomic mass is 9.97. The van der Waals surface area contributed by atoms with Crippen molar-refractivity contribution in [1.29, 1.82) is 0 Å². The quantitative estimate of drug-likeness (QED) is 0.818. The fraction of sp³-hybridized carbons (Fsp3) is 0.538. The zero-order valence-corrected chi connectivity index (χ0v) is 10.8. The summed E-state index contributed by atoms with van der Waals surface area (Å²) >= 11 is 5.79. The van der Waals surface area contributed by atoms with E-state index in [1.54, 1.807) is 12.1 Å². The molecule has 90 valence electrons. The normalized spacial score (nSPS) is 13.1. The van der Waals surface area contributed by atoms with E-state index in [-0.39, 0.29) is 16.9 Å². The second-order valence-corrected chi connectivity index (χ2v) is 4.82. The van der Waals surface area contributed by atoms with E-state index in [2.05, 4.69) is 26.1 Å². The fourth-order valence-electron chi connectivity index (χ4n) is 1.78. The second kappa shape index (κ2) is 6.21. The van der Waals surface area contributed by atoms with Gasteiger partial charge in [0.1, 0.15) is 5.82 Å². The van der Waals surface area contributed by atoms with Gasteiger partial charge in [-0.15, -0.1) is 0 Å². The second-order valence-electron chi connectivity index (χ2n) is 4.41. The Labute approximate surface area is 102 Å². The van der Waals surface area contributed by atoms with Gasteiger partial charge in [-0.3, -0.25) is 0 Å². The largest absolute Gasteiger partial charge is 0.310 e. The van der Waals surface area contributed by atoms with Gasteiger partial charge in [0.15, 0.2) is 0 Å². The Balaban J connectivity index is 2.87. The Morgan fingerprint density at radius 3 is 2.56 bits per heavy atom. The molecule has 1 nitrogen and oxygen atoms in total. The summed E-state index contributed by atoms with van der Waals surface area (Å²) in [6.45, 7) is 7.32. The molecule has 0 radical (unpaired) electrons. The van der Waals surface area contributed by atoms with Gasteiger partial charge in [-0.2, -0.15) is 0 Å². The minimum Gasteiger partial charge on any atom is -0.310 e. The topological polar surface area (TPSA) is 12.0 Å². The van der Waals surface area contributed by atoms with Crippen LogP contribution < -0.4 is 5.32 Å². The van der Waals surface area contributed by atoms with Crippen molar-refractivity contribution in [2.75, 3.05) is 6.54 Å². The maximum absolute atomic E-state index is 13.1. The lowest BCUT2D eigenvalue weighted by Crippen LogP contribution is -2.22. The van der Waals surface area contributed by atoms with Crippen LogP contribution in [0, 0.1) is 11.7 Å². The highest BCUT2D eigenvalue weighted by atomic mass is 35.5. The minimum absolute atomic E-state index is 0.198. The van der Waals surface area contributed by atoms with Crippen molar-refractivity contribution in [2.45, 2.75) is 33.2 Å². The number of hydrogen-bond donors (Lipinski definition) is 1. The number of nitrogens with one attached hydrogen (secondary N) is 1. The Morgan fingerprint density at radius 1 is 1.38 bits per heavy atom. The molecule has 16 heavy (non-hydrogen) atoms. The monoisotopic (exact) mass is 243 g/mol. The van der Waals surface area contributed by atoms with Crippen molar-refractivity contribution in [3.8, 4) is 0 Å². The first-order valence-corrected chi connectivity index (χ1v) is 6.10. The van der Waals surface area contributed by atoms with Gasteiger partial charge in [0.05, 0.1) is 5.02 Å². The molecule has 0 bridgehead atoms. The van der Waals surface area contributed by atoms with E-state index in [1.807, 2.05) is 0 Å². The molecule has 1 atom stereocenters. The summed E-state index contributed by atoms with van der Waals surface area (Å²) in [5, 5.41) is 3.59. The van der Waals surface area contributed by atoms with Gasteiger partial charge in [-0.1, -0.05) is 38.4 Å². The molecule has 0 heterocycles. The van der Waals surface area contributed by atoms with Crippen LogP contribution in [0.25, 0.3) is 0 Å². The predicted molar refractivity (Wildman–Crippen MR) is 67.3 cm³/mol. The van der Waals surface area contributed by atoms with E-state index in [0.29, 0.717) is 5.92 Å². The Bertz CT molecular complexity index is 339. The summed E-state index contributed by atoms with van der Waals surface area (Å²) in [7, 11) is 0. The molecule has 0 fully saturated rings. The van der Waals surface area contributed by atoms with E-state index in [4.69, 9.17) is 11.6 Å². The molecule has 0 saturated heterocycles. The third kappa shape index (κ3) is 3.76. The van der Waals surface area contributed by atoms with Crippen molar-refractivity contribution in [3.63, 3.8) is 0 Å². The molecule has 0 spiro atoms. The molecule has 0 aromatic heterocycles. The van der Waals surface area contributed by atoms with Crippen LogP contribution in [0.3, 0.4) is 0 Å². The predicted octanol–water partition coefficient (Wildman–Crippen LogP) is 4.18. The summed E-state index contributed by atoms with van der Waals surface area (Å²) in [4.78, 5) is 0. The van der Waals surface area contributed by atoms with E-state index in [9.17, 15) is 4.39 Å². The summed E-state index contributed by atoms with van der Waals surface area (Å²) in [6, 6.07) is 5.20. The van der Waals surface area contributed by atoms with E-state index in [1.165, 1.54) is 6.07 Å². The molecule has 0 aliphatic heterocycles. The summed E-state index contributed by atoms with van der Waals surface area (Å²) < 4.78 is 13.1. The van der Waals surface area contributed by atoms with Gasteiger partial charge in [-0.25, -0.2) is 4.39 Å². The van der Waals surface area contributed by atoms with Crippen LogP contribution in [0.5, 0.6) is 0 Å². The lowest BCUT2D eigenvalue weighted by Gasteiger charge is -2.20. The van der Waals surface area contributed by atoms with Gasteiger partial charge < -0.3 is 5.32 Å². The molecule has 0 aliphatic carbocycles. The smallest absolute Gasteiger partial charge is 0.141 e. The molecule has 1 unspecified atom stereocenters. The average molecular weight is 244 g/mol. The number of rotatable bonds is 5. The average Bonchev–Trinajstić information content (AvgIpc) is 2.21. The minimum atomic E-state index is -0.356. The van der Waals surface area contributed by atoms with Crippen LogP contribution in [-0.2, 0) is 0 Å². The third-order valence-corrected chi connectivity index (χ3v) is 2.79. The molecule has 1 aromatic carbocycles. The first kappa shape index (κ1) is 13.5. The maximum atomic E-state index is 13.1. The maximum Gasteiger partial charge on any atom is 0.141 e. The summed E-state index contributed by atoms with van der Waals surface area (Å²) in [6.07, 6.45) is 1.02. The van der Waals surface area contributed by atoms with Crippen molar-refractivity contribution in [1.82, 2.24) is 5.32 Å². The van der Waals surface area contributed by atoms with E-state index >= 15 is 0 Å². The molecular formula is C13H19ClFN. The van der Waals surface area contributed by atoms with Gasteiger partial charge in [-0.05, 0) is 36.6 Å². The fourth-order valence-corrected chi connectivity index (χ4v) is 1.97. The first-order valence-electron chi connectivity index (χ1n) is 5.73. The van der Waals surface area contributed by atoms with Gasteiger partial charge in [0, 0.05) is 6.04 Å². The van der Waals surface area contributed by atoms with Gasteiger partial charge in [0.25, 0.3) is 0 Å². The molecule has 0 amide bonds. The highest BCUT2D eigenvalue weighted by Crippen LogP contribution is 2.25. The van der Waals surface area contributed by atoms with Crippen molar-refractivity contribution >= 4 is 11.6 Å². The standard InChI is InChI=1S/C13H19ClFN/c1-4-16-13(7-9(2)3)10-5-6-12(15)11(14)8-10/h5-6,8-9,13,16H,4,7H2,1-3H3. The molecule has 0 aliphatic rings. The highest BCUT2D eigenvalue weighted by Gasteiger charge is 2.13. The summed E-state index contributed by atoms with van der Waals surface area (Å²) in [5.74, 6) is 0.234. The van der Waals surface area contributed by atoms with Crippen LogP contribution in [-0.4, -0.2) is 6.54 Å². The molecule has 1 rings (SSSR count). The van der Waals surface area contributed by atoms with Crippen LogP contribution in [0.2, 0.25) is 5.02 Å². The Kier molecular flexibility index (Phi) is 5.23. The molecule has 3 heteroatoms. The molecule has 0 saturated carbocycles. The van der Waals surface area contributed by atoms with Gasteiger partial charge in [0.2, 0.25) is 0 Å². The lowest BCUT2D eigenvalue weighted by molar-refractivity contribution is 0.438. The highest BCUT2D eigenvalue weighted by molar-refractivity contribution is 6.30. The first-order chi connectivity index (χ1) is 7.54. The summed E-state index contributed by atoms with van der Waals surface area (Å²) in [5.41, 5.74) is 1.06. The van der Waals surface area contributed by atoms with Crippen LogP contribution in [0.1, 0.15) is 38.8 Å². The van der Waals surface area contributed by atoms with E-state index in [0.717, 1.165) is 18.5 Å². The van der Waals surface area contributed by atoms with Crippen LogP contribution in [0.15, 0.2) is 18.2 Å². The van der Waals surface area contributed by atoms with Crippen LogP contribution in [0.4, 0.5) is 4.39 Å². The Hall–Kier alpha value is -0.600. The molecule has 1 aromatic rings. The number of hydrogen-bond acceptors (Lipinski definition) is 1. The number of benzene rings is 1. The zero-order chi connectivity index (χ0) is 12.1. The van der Waals surface area contributed by atoms with Gasteiger partial charge >= 0.3 is 0 Å². The van der Waals surface area contributed by atoms with Crippen molar-refractivity contribution < 1.29 is 4.39 Å². The SMILES string of the molecule is CCNC(CC(C)C)c1ccc(F)c(Cl)c1. The number of halogens is 2. The van der Waals surface area contributed by atoms with Crippen molar-refractivity contribution in [3.05, 3.63) is 34.6 Å². The molecular weight excluding hydrogens is 225 g/mol. The van der Waals surface area contributed by atoms with E-state index < -0.39 is 0 Å². The van der Waals surface area contributed by atoms with Crippen LogP contribution >= 0.6 is 11.6 Å². The Morgan fingerprint density at radius 2 is 2.06 bits per heavy atom.